The summed E-state index contributed by atoms with van der Waals surface area (Å²) < 4.78 is 3.64. The summed E-state index contributed by atoms with van der Waals surface area (Å²) in [5, 5.41) is 10.6. The number of hydrogen-bond donors (Lipinski definition) is 2. The minimum atomic E-state index is -0.132. The molecule has 0 aliphatic carbocycles. The summed E-state index contributed by atoms with van der Waals surface area (Å²) in [7, 11) is 1.80. The van der Waals surface area contributed by atoms with Crippen molar-refractivity contribution in [1.82, 2.24) is 14.9 Å². The smallest absolute Gasteiger partial charge is 0.223 e. The van der Waals surface area contributed by atoms with Crippen molar-refractivity contribution in [1.29, 1.82) is 0 Å². The molecule has 1 rings (SSSR count). The Hall–Kier alpha value is -0.660. The van der Waals surface area contributed by atoms with E-state index in [4.69, 9.17) is 0 Å². The highest BCUT2D eigenvalue weighted by Crippen LogP contribution is 2.22. The van der Waals surface area contributed by atoms with Crippen molar-refractivity contribution in [3.05, 3.63) is 0 Å². The molecule has 1 heterocycles. The summed E-state index contributed by atoms with van der Waals surface area (Å²) in [5.41, 5.74) is 0. The average Bonchev–Trinajstić information content (AvgIpc) is 2.36. The fraction of sp³-hybridized carbons (Fsp3) is 0.400. The van der Waals surface area contributed by atoms with E-state index in [0.29, 0.717) is 5.13 Å². The summed E-state index contributed by atoms with van der Waals surface area (Å²) in [6.07, 6.45) is 0. The van der Waals surface area contributed by atoms with Crippen LogP contribution in [0.25, 0.3) is 0 Å². The fourth-order valence-electron chi connectivity index (χ4n) is 0.539. The van der Waals surface area contributed by atoms with Crippen LogP contribution in [0.1, 0.15) is 6.92 Å². The van der Waals surface area contributed by atoms with Crippen LogP contribution in [0, 0.1) is 0 Å². The van der Waals surface area contributed by atoms with Crippen LogP contribution in [0.15, 0.2) is 4.34 Å². The van der Waals surface area contributed by atoms with Gasteiger partial charge in [0.2, 0.25) is 11.0 Å². The molecule has 0 saturated heterocycles. The van der Waals surface area contributed by atoms with Gasteiger partial charge in [-0.3, -0.25) is 9.52 Å². The molecule has 0 saturated carbocycles. The number of amides is 1. The maximum absolute atomic E-state index is 10.6. The van der Waals surface area contributed by atoms with Gasteiger partial charge >= 0.3 is 0 Å². The number of rotatable bonds is 3. The van der Waals surface area contributed by atoms with Crippen molar-refractivity contribution in [3.8, 4) is 0 Å². The molecular formula is C5H8N4OS2. The molecule has 12 heavy (non-hydrogen) atoms. The minimum Gasteiger partial charge on any atom is -0.301 e. The zero-order chi connectivity index (χ0) is 8.97. The van der Waals surface area contributed by atoms with Crippen LogP contribution in [-0.2, 0) is 4.79 Å². The monoisotopic (exact) mass is 204 g/mol. The highest BCUT2D eigenvalue weighted by atomic mass is 32.2. The first-order valence-electron chi connectivity index (χ1n) is 3.17. The standard InChI is InChI=1S/C5H8N4OS2/c1-3(10)7-4-8-9-5(11-4)12-6-2/h6H,1-2H3,(H,7,8,10). The topological polar surface area (TPSA) is 66.9 Å². The Morgan fingerprint density at radius 1 is 1.58 bits per heavy atom. The first kappa shape index (κ1) is 9.43. The van der Waals surface area contributed by atoms with Gasteiger partial charge in [-0.2, -0.15) is 0 Å². The Bertz CT molecular complexity index is 274. The second kappa shape index (κ2) is 4.39. The third kappa shape index (κ3) is 2.76. The van der Waals surface area contributed by atoms with Crippen molar-refractivity contribution in [3.63, 3.8) is 0 Å². The van der Waals surface area contributed by atoms with Crippen LogP contribution in [-0.4, -0.2) is 23.2 Å². The van der Waals surface area contributed by atoms with E-state index in [2.05, 4.69) is 20.2 Å². The lowest BCUT2D eigenvalue weighted by atomic mass is 10.7. The van der Waals surface area contributed by atoms with Crippen molar-refractivity contribution in [2.24, 2.45) is 0 Å². The number of carbonyl (C=O) groups excluding carboxylic acids is 1. The van der Waals surface area contributed by atoms with Crippen LogP contribution in [0.3, 0.4) is 0 Å². The zero-order valence-electron chi connectivity index (χ0n) is 6.62. The number of carbonyl (C=O) groups is 1. The van der Waals surface area contributed by atoms with E-state index in [0.717, 1.165) is 4.34 Å². The van der Waals surface area contributed by atoms with Crippen LogP contribution in [0.5, 0.6) is 0 Å². The maximum atomic E-state index is 10.6. The molecule has 1 amide bonds. The van der Waals surface area contributed by atoms with E-state index in [1.807, 2.05) is 0 Å². The van der Waals surface area contributed by atoms with Crippen LogP contribution in [0.4, 0.5) is 5.13 Å². The van der Waals surface area contributed by atoms with Crippen molar-refractivity contribution >= 4 is 34.3 Å². The van der Waals surface area contributed by atoms with Gasteiger partial charge in [-0.05, 0) is 19.0 Å². The largest absolute Gasteiger partial charge is 0.301 e. The summed E-state index contributed by atoms with van der Waals surface area (Å²) in [6, 6.07) is 0. The first-order valence-corrected chi connectivity index (χ1v) is 4.80. The van der Waals surface area contributed by atoms with Crippen molar-refractivity contribution < 1.29 is 4.79 Å². The quantitative estimate of drug-likeness (QED) is 0.561. The molecule has 0 aliphatic heterocycles. The van der Waals surface area contributed by atoms with Gasteiger partial charge in [0, 0.05) is 6.92 Å². The molecule has 1 aromatic rings. The lowest BCUT2D eigenvalue weighted by Crippen LogP contribution is -2.04. The molecule has 0 fully saturated rings. The SMILES string of the molecule is CNSc1nnc(NC(C)=O)s1. The molecule has 5 nitrogen and oxygen atoms in total. The molecule has 7 heteroatoms. The summed E-state index contributed by atoms with van der Waals surface area (Å²) in [6.45, 7) is 1.44. The first-order chi connectivity index (χ1) is 5.72. The molecule has 0 aromatic carbocycles. The third-order valence-corrected chi connectivity index (χ3v) is 2.47. The van der Waals surface area contributed by atoms with Gasteiger partial charge in [0.25, 0.3) is 0 Å². The number of anilines is 1. The predicted octanol–water partition coefficient (Wildman–Crippen LogP) is 0.723. The number of hydrogen-bond acceptors (Lipinski definition) is 6. The van der Waals surface area contributed by atoms with E-state index in [1.165, 1.54) is 30.2 Å². The van der Waals surface area contributed by atoms with Gasteiger partial charge in [0.1, 0.15) is 0 Å². The van der Waals surface area contributed by atoms with Crippen molar-refractivity contribution in [2.75, 3.05) is 12.4 Å². The molecule has 0 bridgehead atoms. The molecule has 0 spiro atoms. The van der Waals surface area contributed by atoms with Gasteiger partial charge in [0.15, 0.2) is 4.34 Å². The lowest BCUT2D eigenvalue weighted by molar-refractivity contribution is -0.114. The Kier molecular flexibility index (Phi) is 3.45. The average molecular weight is 204 g/mol. The van der Waals surface area contributed by atoms with Gasteiger partial charge in [0.05, 0.1) is 0 Å². The van der Waals surface area contributed by atoms with Gasteiger partial charge in [-0.25, -0.2) is 0 Å². The normalized spacial score (nSPS) is 9.83. The van der Waals surface area contributed by atoms with Crippen LogP contribution < -0.4 is 10.0 Å². The lowest BCUT2D eigenvalue weighted by Gasteiger charge is -1.90. The third-order valence-electron chi connectivity index (χ3n) is 0.879. The van der Waals surface area contributed by atoms with Crippen LogP contribution in [0.2, 0.25) is 0 Å². The Balaban J connectivity index is 2.58. The number of aromatic nitrogens is 2. The fourth-order valence-corrected chi connectivity index (χ4v) is 1.97. The Morgan fingerprint density at radius 2 is 2.33 bits per heavy atom. The second-order valence-corrected chi connectivity index (χ2v) is 4.10. The van der Waals surface area contributed by atoms with Crippen molar-refractivity contribution in [2.45, 2.75) is 11.3 Å². The number of nitrogens with zero attached hydrogens (tertiary/aromatic N) is 2. The molecule has 0 aliphatic rings. The molecule has 0 atom stereocenters. The Morgan fingerprint density at radius 3 is 2.92 bits per heavy atom. The molecular weight excluding hydrogens is 196 g/mol. The van der Waals surface area contributed by atoms with E-state index < -0.39 is 0 Å². The molecule has 66 valence electrons. The molecule has 0 radical (unpaired) electrons. The highest BCUT2D eigenvalue weighted by molar-refractivity contribution is 7.99. The Labute approximate surface area is 78.1 Å². The van der Waals surface area contributed by atoms with E-state index >= 15 is 0 Å². The summed E-state index contributed by atoms with van der Waals surface area (Å²) in [5.74, 6) is -0.132. The summed E-state index contributed by atoms with van der Waals surface area (Å²) >= 11 is 2.70. The van der Waals surface area contributed by atoms with Crippen LogP contribution >= 0.6 is 23.3 Å². The van der Waals surface area contributed by atoms with E-state index in [1.54, 1.807) is 7.05 Å². The second-order valence-electron chi connectivity index (χ2n) is 1.86. The molecule has 2 N–H and O–H groups in total. The molecule has 1 aromatic heterocycles. The summed E-state index contributed by atoms with van der Waals surface area (Å²) in [4.78, 5) is 10.6. The van der Waals surface area contributed by atoms with E-state index in [-0.39, 0.29) is 5.91 Å². The molecule has 0 unspecified atom stereocenters. The maximum Gasteiger partial charge on any atom is 0.223 e. The van der Waals surface area contributed by atoms with Gasteiger partial charge in [-0.15, -0.1) is 10.2 Å². The minimum absolute atomic E-state index is 0.132. The highest BCUT2D eigenvalue weighted by Gasteiger charge is 2.04. The predicted molar refractivity (Wildman–Crippen MR) is 49.1 cm³/mol. The number of nitrogens with one attached hydrogen (secondary N) is 2. The van der Waals surface area contributed by atoms with E-state index in [9.17, 15) is 4.79 Å². The zero-order valence-corrected chi connectivity index (χ0v) is 8.25. The van der Waals surface area contributed by atoms with Gasteiger partial charge < -0.3 is 5.32 Å². The van der Waals surface area contributed by atoms with Gasteiger partial charge in [-0.1, -0.05) is 11.3 Å².